The summed E-state index contributed by atoms with van der Waals surface area (Å²) >= 11 is 0. The number of nitrogens with one attached hydrogen (secondary N) is 2. The van der Waals surface area contributed by atoms with Crippen LogP contribution < -0.4 is 20.3 Å². The number of rotatable bonds is 6. The fourth-order valence-electron chi connectivity index (χ4n) is 4.45. The maximum absolute atomic E-state index is 13.6. The molecule has 2 N–H and O–H groups in total. The zero-order valence-electron chi connectivity index (χ0n) is 19.7. The van der Waals surface area contributed by atoms with Gasteiger partial charge in [0.25, 0.3) is 0 Å². The van der Waals surface area contributed by atoms with Crippen LogP contribution in [-0.2, 0) is 11.0 Å². The molecule has 1 aliphatic rings. The minimum atomic E-state index is -1.58. The Hall–Kier alpha value is -4.02. The lowest BCUT2D eigenvalue weighted by Crippen LogP contribution is -2.43. The van der Waals surface area contributed by atoms with E-state index in [0.29, 0.717) is 21.7 Å². The van der Waals surface area contributed by atoms with Crippen LogP contribution in [0.4, 0.5) is 17.2 Å². The van der Waals surface area contributed by atoms with Gasteiger partial charge in [0.15, 0.2) is 11.0 Å². The Balaban J connectivity index is 1.32. The van der Waals surface area contributed by atoms with E-state index in [9.17, 15) is 4.21 Å². The van der Waals surface area contributed by atoms with Crippen molar-refractivity contribution < 1.29 is 8.95 Å². The summed E-state index contributed by atoms with van der Waals surface area (Å²) in [6, 6.07) is 17.5. The molecule has 0 amide bonds. The summed E-state index contributed by atoms with van der Waals surface area (Å²) in [4.78, 5) is 11.9. The summed E-state index contributed by atoms with van der Waals surface area (Å²) in [6.07, 6.45) is 5.10. The van der Waals surface area contributed by atoms with Crippen LogP contribution >= 0.6 is 0 Å². The summed E-state index contributed by atoms with van der Waals surface area (Å²) < 4.78 is 20.8. The molecule has 0 saturated carbocycles. The molecule has 0 radical (unpaired) electrons. The van der Waals surface area contributed by atoms with Crippen molar-refractivity contribution in [3.05, 3.63) is 73.2 Å². The van der Waals surface area contributed by atoms with Crippen molar-refractivity contribution in [2.75, 3.05) is 43.5 Å². The van der Waals surface area contributed by atoms with Crippen molar-refractivity contribution in [2.45, 2.75) is 4.90 Å². The van der Waals surface area contributed by atoms with Crippen LogP contribution in [0.3, 0.4) is 0 Å². The number of ether oxygens (including phenoxy) is 1. The number of methoxy groups -OCH3 is 1. The van der Waals surface area contributed by atoms with Crippen LogP contribution in [0, 0.1) is 0 Å². The van der Waals surface area contributed by atoms with Crippen LogP contribution in [0.1, 0.15) is 0 Å². The highest BCUT2D eigenvalue weighted by molar-refractivity contribution is 7.83. The third kappa shape index (κ3) is 4.14. The maximum atomic E-state index is 13.6. The van der Waals surface area contributed by atoms with Gasteiger partial charge in [0.05, 0.1) is 34.9 Å². The van der Waals surface area contributed by atoms with Gasteiger partial charge in [-0.1, -0.05) is 18.2 Å². The molecule has 1 aliphatic heterocycles. The number of hydrogen-bond donors (Lipinski definition) is 2. The Kier molecular flexibility index (Phi) is 5.96. The molecule has 0 bridgehead atoms. The van der Waals surface area contributed by atoms with E-state index < -0.39 is 11.0 Å². The first-order chi connectivity index (χ1) is 17.7. The van der Waals surface area contributed by atoms with Gasteiger partial charge in [0, 0.05) is 67.2 Å². The van der Waals surface area contributed by atoms with Gasteiger partial charge in [-0.3, -0.25) is 4.98 Å². The molecule has 6 rings (SSSR count). The molecule has 4 heterocycles. The quantitative estimate of drug-likeness (QED) is 0.365. The fraction of sp³-hybridized carbons (Fsp3) is 0.192. The summed E-state index contributed by atoms with van der Waals surface area (Å²) in [7, 11) is 0.0823. The SMILES string of the molecule is COc1cc(N2CCNCC2)ccc1Nc1cc2c(cn1)cnn2S(=O)c1cccc2cccnc12. The minimum Gasteiger partial charge on any atom is -0.494 e. The lowest BCUT2D eigenvalue weighted by Gasteiger charge is -2.30. The molecule has 36 heavy (non-hydrogen) atoms. The van der Waals surface area contributed by atoms with Crippen molar-refractivity contribution in [2.24, 2.45) is 0 Å². The number of benzene rings is 2. The summed E-state index contributed by atoms with van der Waals surface area (Å²) in [5, 5.41) is 12.9. The Bertz CT molecular complexity index is 1570. The van der Waals surface area contributed by atoms with Gasteiger partial charge in [0.1, 0.15) is 11.6 Å². The lowest BCUT2D eigenvalue weighted by atomic mass is 10.2. The van der Waals surface area contributed by atoms with Crippen molar-refractivity contribution in [3.63, 3.8) is 0 Å². The molecule has 3 aromatic heterocycles. The van der Waals surface area contributed by atoms with Crippen molar-refractivity contribution in [3.8, 4) is 5.75 Å². The summed E-state index contributed by atoms with van der Waals surface area (Å²) in [5.74, 6) is 1.33. The molecule has 0 spiro atoms. The van der Waals surface area contributed by atoms with Crippen LogP contribution in [0.25, 0.3) is 21.8 Å². The monoisotopic (exact) mass is 499 g/mol. The second kappa shape index (κ2) is 9.56. The second-order valence-corrected chi connectivity index (χ2v) is 9.76. The summed E-state index contributed by atoms with van der Waals surface area (Å²) in [5.41, 5.74) is 3.33. The van der Waals surface area contributed by atoms with Crippen LogP contribution in [0.15, 0.2) is 78.1 Å². The highest BCUT2D eigenvalue weighted by Gasteiger charge is 2.17. The Morgan fingerprint density at radius 3 is 2.72 bits per heavy atom. The molecule has 1 unspecified atom stereocenters. The smallest absolute Gasteiger partial charge is 0.176 e. The van der Waals surface area contributed by atoms with Gasteiger partial charge in [-0.2, -0.15) is 9.19 Å². The van der Waals surface area contributed by atoms with Crippen molar-refractivity contribution in [1.82, 2.24) is 24.5 Å². The Morgan fingerprint density at radius 2 is 1.86 bits per heavy atom. The summed E-state index contributed by atoms with van der Waals surface area (Å²) in [6.45, 7) is 3.86. The normalized spacial score (nSPS) is 14.8. The third-order valence-corrected chi connectivity index (χ3v) is 7.60. The largest absolute Gasteiger partial charge is 0.494 e. The van der Waals surface area contributed by atoms with E-state index in [4.69, 9.17) is 4.74 Å². The molecule has 5 aromatic rings. The number of pyridine rings is 2. The van der Waals surface area contributed by atoms with E-state index >= 15 is 0 Å². The first-order valence-electron chi connectivity index (χ1n) is 11.7. The standard InChI is InChI=1S/C26H25N7O2S/c1-35-23-14-20(32-12-10-27-11-13-32)7-8-21(23)31-25-15-22-19(16-29-25)17-30-33(22)36(34)24-6-2-4-18-5-3-9-28-26(18)24/h2-9,14-17,27H,10-13H2,1H3,(H,29,31). The third-order valence-electron chi connectivity index (χ3n) is 6.29. The highest BCUT2D eigenvalue weighted by atomic mass is 32.2. The van der Waals surface area contributed by atoms with Crippen LogP contribution in [0.5, 0.6) is 5.75 Å². The Labute approximate surface area is 210 Å². The predicted molar refractivity (Wildman–Crippen MR) is 142 cm³/mol. The minimum absolute atomic E-state index is 0.602. The zero-order chi connectivity index (χ0) is 24.5. The molecule has 1 atom stereocenters. The number of para-hydroxylation sites is 1. The molecular formula is C26H25N7O2S. The van der Waals surface area contributed by atoms with E-state index in [1.165, 1.54) is 4.09 Å². The van der Waals surface area contributed by atoms with E-state index in [1.807, 2.05) is 48.5 Å². The van der Waals surface area contributed by atoms with Gasteiger partial charge in [-0.05, 0) is 24.3 Å². The number of fused-ring (bicyclic) bond motifs is 2. The first-order valence-corrected chi connectivity index (χ1v) is 12.8. The van der Waals surface area contributed by atoms with Gasteiger partial charge in [-0.25, -0.2) is 9.19 Å². The number of nitrogens with zero attached hydrogens (tertiary/aromatic N) is 5. The average molecular weight is 500 g/mol. The van der Waals surface area contributed by atoms with Crippen LogP contribution in [0.2, 0.25) is 0 Å². The molecule has 182 valence electrons. The topological polar surface area (TPSA) is 97.2 Å². The van der Waals surface area contributed by atoms with Crippen molar-refractivity contribution >= 4 is 50.0 Å². The van der Waals surface area contributed by atoms with E-state index in [1.54, 1.807) is 25.7 Å². The first kappa shape index (κ1) is 22.4. The molecule has 0 aliphatic carbocycles. The van der Waals surface area contributed by atoms with Gasteiger partial charge < -0.3 is 20.3 Å². The lowest BCUT2D eigenvalue weighted by molar-refractivity contribution is 0.416. The molecular weight excluding hydrogens is 474 g/mol. The van der Waals surface area contributed by atoms with Gasteiger partial charge in [-0.15, -0.1) is 0 Å². The molecule has 10 heteroatoms. The number of hydrogen-bond acceptors (Lipinski definition) is 8. The number of anilines is 3. The fourth-order valence-corrected chi connectivity index (χ4v) is 5.64. The zero-order valence-corrected chi connectivity index (χ0v) is 20.5. The maximum Gasteiger partial charge on any atom is 0.176 e. The highest BCUT2D eigenvalue weighted by Crippen LogP contribution is 2.33. The van der Waals surface area contributed by atoms with Gasteiger partial charge in [0.2, 0.25) is 0 Å². The van der Waals surface area contributed by atoms with Crippen molar-refractivity contribution in [1.29, 1.82) is 0 Å². The Morgan fingerprint density at radius 1 is 1.00 bits per heavy atom. The molecule has 2 aromatic carbocycles. The molecule has 1 saturated heterocycles. The van der Waals surface area contributed by atoms with E-state index in [2.05, 4.69) is 36.7 Å². The van der Waals surface area contributed by atoms with Crippen LogP contribution in [-0.4, -0.2) is 56.7 Å². The average Bonchev–Trinajstić information content (AvgIpc) is 3.36. The number of piperazine rings is 1. The van der Waals surface area contributed by atoms with Gasteiger partial charge >= 0.3 is 0 Å². The molecule has 9 nitrogen and oxygen atoms in total. The predicted octanol–water partition coefficient (Wildman–Crippen LogP) is 3.71. The van der Waals surface area contributed by atoms with E-state index in [0.717, 1.165) is 54.1 Å². The van der Waals surface area contributed by atoms with E-state index in [-0.39, 0.29) is 0 Å². The second-order valence-electron chi connectivity index (χ2n) is 8.47. The molecule has 1 fully saturated rings. The number of aromatic nitrogens is 4.